The molecular formula is C36H33Cl2FeN3. The van der Waals surface area contributed by atoms with Gasteiger partial charge in [-0.15, -0.1) is 0 Å². The van der Waals surface area contributed by atoms with Crippen molar-refractivity contribution in [1.82, 2.24) is 4.98 Å². The van der Waals surface area contributed by atoms with Crippen molar-refractivity contribution in [3.05, 3.63) is 137 Å². The number of benzene rings is 4. The summed E-state index contributed by atoms with van der Waals surface area (Å²) in [5.41, 5.74) is 13.4. The van der Waals surface area contributed by atoms with E-state index in [1.54, 1.807) is 0 Å². The molecule has 214 valence electrons. The molecule has 0 radical (unpaired) electrons. The zero-order valence-corrected chi connectivity index (χ0v) is 27.0. The minimum atomic E-state index is 0.194. The van der Waals surface area contributed by atoms with Crippen LogP contribution in [0.25, 0.3) is 22.3 Å². The summed E-state index contributed by atoms with van der Waals surface area (Å²) in [6, 6.07) is 37.7. The Bertz CT molecular complexity index is 1630. The molecule has 5 aromatic rings. The molecule has 0 unspecified atom stereocenters. The van der Waals surface area contributed by atoms with Gasteiger partial charge in [-0.3, -0.25) is 9.98 Å². The molecule has 0 fully saturated rings. The monoisotopic (exact) mass is 633 g/mol. The molecule has 0 N–H and O–H groups in total. The third-order valence-electron chi connectivity index (χ3n) is 6.89. The molecule has 0 atom stereocenters. The van der Waals surface area contributed by atoms with Crippen molar-refractivity contribution in [3.63, 3.8) is 0 Å². The summed E-state index contributed by atoms with van der Waals surface area (Å²) in [7, 11) is 9.53. The molecule has 1 heterocycles. The maximum absolute atomic E-state index is 5.22. The third-order valence-corrected chi connectivity index (χ3v) is 6.89. The van der Waals surface area contributed by atoms with Gasteiger partial charge in [-0.1, -0.05) is 103 Å². The molecule has 0 aliphatic carbocycles. The van der Waals surface area contributed by atoms with Crippen LogP contribution in [0.1, 0.15) is 41.9 Å². The number of pyridine rings is 1. The van der Waals surface area contributed by atoms with Crippen LogP contribution < -0.4 is 0 Å². The van der Waals surface area contributed by atoms with Crippen molar-refractivity contribution in [3.8, 4) is 22.3 Å². The summed E-state index contributed by atoms with van der Waals surface area (Å²) >= 11 is 0.194. The molecule has 3 nitrogen and oxygen atoms in total. The molecule has 0 bridgehead atoms. The van der Waals surface area contributed by atoms with Gasteiger partial charge < -0.3 is 0 Å². The number of para-hydroxylation sites is 1. The fraction of sp³-hybridized carbons (Fsp3) is 0.139. The van der Waals surface area contributed by atoms with Crippen molar-refractivity contribution >= 4 is 43.0 Å². The summed E-state index contributed by atoms with van der Waals surface area (Å²) in [4.78, 5) is 15.2. The molecule has 5 rings (SSSR count). The molecule has 1 aromatic heterocycles. The maximum atomic E-state index is 5.22. The van der Waals surface area contributed by atoms with Crippen LogP contribution in [0.3, 0.4) is 0 Å². The molecule has 0 aliphatic heterocycles. The predicted molar refractivity (Wildman–Crippen MR) is 178 cm³/mol. The molecule has 4 aromatic carbocycles. The van der Waals surface area contributed by atoms with Gasteiger partial charge in [0.2, 0.25) is 0 Å². The van der Waals surface area contributed by atoms with Crippen LogP contribution in [0.4, 0.5) is 11.4 Å². The summed E-state index contributed by atoms with van der Waals surface area (Å²) in [6.45, 7) is 10.4. The first-order valence-electron chi connectivity index (χ1n) is 13.6. The van der Waals surface area contributed by atoms with Crippen molar-refractivity contribution in [2.45, 2.75) is 34.6 Å². The van der Waals surface area contributed by atoms with Crippen molar-refractivity contribution in [2.75, 3.05) is 0 Å². The third kappa shape index (κ3) is 7.85. The second-order valence-corrected chi connectivity index (χ2v) is 11.9. The van der Waals surface area contributed by atoms with Crippen LogP contribution in [0.5, 0.6) is 0 Å². The van der Waals surface area contributed by atoms with Crippen LogP contribution >= 0.6 is 20.2 Å². The average molecular weight is 634 g/mol. The fourth-order valence-electron chi connectivity index (χ4n) is 5.00. The van der Waals surface area contributed by atoms with Gasteiger partial charge in [0.1, 0.15) is 0 Å². The normalized spacial score (nSPS) is 11.7. The Balaban J connectivity index is 0.00000129. The van der Waals surface area contributed by atoms with Gasteiger partial charge in [0.15, 0.2) is 0 Å². The Morgan fingerprint density at radius 3 is 1.43 bits per heavy atom. The summed E-state index contributed by atoms with van der Waals surface area (Å²) < 4.78 is 0. The summed E-state index contributed by atoms with van der Waals surface area (Å²) in [5, 5.41) is 0. The van der Waals surface area contributed by atoms with E-state index in [0.717, 1.165) is 56.4 Å². The topological polar surface area (TPSA) is 37.6 Å². The van der Waals surface area contributed by atoms with Crippen LogP contribution in [0.15, 0.2) is 119 Å². The minimum absolute atomic E-state index is 0.194. The zero-order chi connectivity index (χ0) is 30.1. The van der Waals surface area contributed by atoms with Crippen LogP contribution in [0, 0.1) is 20.8 Å². The summed E-state index contributed by atoms with van der Waals surface area (Å²) in [5.74, 6) is 0. The quantitative estimate of drug-likeness (QED) is 0.135. The van der Waals surface area contributed by atoms with E-state index in [9.17, 15) is 0 Å². The molecule has 0 saturated carbocycles. The fourth-order valence-corrected chi connectivity index (χ4v) is 5.00. The van der Waals surface area contributed by atoms with Crippen molar-refractivity contribution in [1.29, 1.82) is 0 Å². The van der Waals surface area contributed by atoms with Gasteiger partial charge in [0.25, 0.3) is 0 Å². The number of aromatic nitrogens is 1. The van der Waals surface area contributed by atoms with Gasteiger partial charge >= 0.3 is 33.3 Å². The Hall–Kier alpha value is -3.53. The van der Waals surface area contributed by atoms with Crippen molar-refractivity contribution in [2.24, 2.45) is 9.98 Å². The van der Waals surface area contributed by atoms with Crippen LogP contribution in [-0.4, -0.2) is 16.4 Å². The van der Waals surface area contributed by atoms with E-state index in [1.165, 1.54) is 16.7 Å². The standard InChI is InChI=1S/C36H33N3.2ClH.Fe/c1-24-22-25(2)35(26(3)23-24)37-27(4)33-20-13-21-34(39-33)28(5)38-36-31(29-14-8-6-9-15-29)18-12-19-32(36)30-16-10-7-11-17-30;;;/h6-23H,1-5H3;2*1H;/q;;;+2/p-2. The first-order chi connectivity index (χ1) is 20.3. The second kappa shape index (κ2) is 15.1. The van der Waals surface area contributed by atoms with E-state index < -0.39 is 0 Å². The van der Waals surface area contributed by atoms with E-state index >= 15 is 0 Å². The number of nitrogens with zero attached hydrogens (tertiary/aromatic N) is 3. The summed E-state index contributed by atoms with van der Waals surface area (Å²) in [6.07, 6.45) is 0. The number of aliphatic imine (C=N–C) groups is 2. The zero-order valence-electron chi connectivity index (χ0n) is 24.3. The SMILES string of the molecule is CC(=Nc1c(C)cc(C)cc1C)c1cccc(C(C)=Nc2c(-c3ccccc3)cccc2-c2ccccc2)n1.[Cl][Fe][Cl]. The average Bonchev–Trinajstić information content (AvgIpc) is 3.00. The van der Waals surface area contributed by atoms with E-state index in [4.69, 9.17) is 35.2 Å². The van der Waals surface area contributed by atoms with Crippen LogP contribution in [-0.2, 0) is 13.1 Å². The Morgan fingerprint density at radius 2 is 0.976 bits per heavy atom. The Kier molecular flexibility index (Phi) is 11.3. The van der Waals surface area contributed by atoms with E-state index in [1.807, 2.05) is 44.2 Å². The molecule has 0 spiro atoms. The number of halogens is 2. The molecular weight excluding hydrogens is 601 g/mol. The van der Waals surface area contributed by atoms with Gasteiger partial charge in [0.05, 0.1) is 34.2 Å². The van der Waals surface area contributed by atoms with Gasteiger partial charge in [-0.2, -0.15) is 0 Å². The van der Waals surface area contributed by atoms with Crippen LogP contribution in [0.2, 0.25) is 0 Å². The first kappa shape index (κ1) is 31.4. The number of aryl methyl sites for hydroxylation is 3. The number of rotatable bonds is 6. The van der Waals surface area contributed by atoms with E-state index in [-0.39, 0.29) is 13.1 Å². The number of hydrogen-bond acceptors (Lipinski definition) is 3. The van der Waals surface area contributed by atoms with Crippen molar-refractivity contribution < 1.29 is 13.1 Å². The predicted octanol–water partition coefficient (Wildman–Crippen LogP) is 11.0. The Labute approximate surface area is 264 Å². The van der Waals surface area contributed by atoms with Gasteiger partial charge in [-0.25, -0.2) is 4.98 Å². The number of hydrogen-bond donors (Lipinski definition) is 0. The molecule has 42 heavy (non-hydrogen) atoms. The first-order valence-corrected chi connectivity index (χ1v) is 16.6. The van der Waals surface area contributed by atoms with Gasteiger partial charge in [-0.05, 0) is 69.0 Å². The molecule has 0 saturated heterocycles. The van der Waals surface area contributed by atoms with Gasteiger partial charge in [0, 0.05) is 11.1 Å². The second-order valence-electron chi connectivity index (χ2n) is 10.0. The van der Waals surface area contributed by atoms with E-state index in [0.29, 0.717) is 0 Å². The molecule has 0 amide bonds. The molecule has 6 heteroatoms. The molecule has 0 aliphatic rings. The Morgan fingerprint density at radius 1 is 0.571 bits per heavy atom. The van der Waals surface area contributed by atoms with E-state index in [2.05, 4.69) is 99.6 Å².